The van der Waals surface area contributed by atoms with Gasteiger partial charge in [-0.3, -0.25) is 9.48 Å². The molecular formula is C28H38N6O2. The molecule has 0 unspecified atom stereocenters. The molecule has 8 nitrogen and oxygen atoms in total. The van der Waals surface area contributed by atoms with E-state index < -0.39 is 0 Å². The van der Waals surface area contributed by atoms with Crippen LogP contribution in [-0.2, 0) is 0 Å². The number of piperidine rings is 1. The molecular weight excluding hydrogens is 452 g/mol. The van der Waals surface area contributed by atoms with Crippen LogP contribution in [0.3, 0.4) is 0 Å². The first-order valence-corrected chi connectivity index (χ1v) is 13.2. The van der Waals surface area contributed by atoms with Crippen LogP contribution in [0.15, 0.2) is 36.5 Å². The number of methoxy groups -OCH3 is 1. The Balaban J connectivity index is 1.24. The molecule has 36 heavy (non-hydrogen) atoms. The van der Waals surface area contributed by atoms with E-state index in [1.54, 1.807) is 13.2 Å². The molecule has 0 bridgehead atoms. The highest BCUT2D eigenvalue weighted by Crippen LogP contribution is 2.35. The topological polar surface area (TPSA) is 84.3 Å². The summed E-state index contributed by atoms with van der Waals surface area (Å²) in [5, 5.41) is 12.3. The fraction of sp³-hybridized carbons (Fsp3) is 0.536. The van der Waals surface area contributed by atoms with Crippen molar-refractivity contribution in [2.45, 2.75) is 57.5 Å². The molecule has 1 saturated carbocycles. The van der Waals surface area contributed by atoms with Crippen molar-refractivity contribution in [1.29, 1.82) is 0 Å². The Morgan fingerprint density at radius 3 is 2.67 bits per heavy atom. The third-order valence-electron chi connectivity index (χ3n) is 7.88. The number of carbonyl (C=O) groups is 1. The normalized spacial score (nSPS) is 21.1. The Morgan fingerprint density at radius 1 is 1.17 bits per heavy atom. The third kappa shape index (κ3) is 5.55. The second-order valence-corrected chi connectivity index (χ2v) is 10.4. The highest BCUT2D eigenvalue weighted by molar-refractivity contribution is 6.05. The van der Waals surface area contributed by atoms with E-state index in [1.165, 1.54) is 32.2 Å². The van der Waals surface area contributed by atoms with Crippen LogP contribution in [0.5, 0.6) is 5.75 Å². The summed E-state index contributed by atoms with van der Waals surface area (Å²) in [6, 6.07) is 10.4. The number of hydrogen-bond acceptors (Lipinski definition) is 6. The van der Waals surface area contributed by atoms with Crippen LogP contribution in [0.2, 0.25) is 0 Å². The molecule has 1 aliphatic carbocycles. The Bertz CT molecular complexity index is 1190. The van der Waals surface area contributed by atoms with Gasteiger partial charge in [-0.1, -0.05) is 6.07 Å². The summed E-state index contributed by atoms with van der Waals surface area (Å²) in [7, 11) is 3.92. The van der Waals surface area contributed by atoms with Crippen LogP contribution < -0.4 is 15.4 Å². The number of pyridine rings is 1. The van der Waals surface area contributed by atoms with Gasteiger partial charge < -0.3 is 20.3 Å². The minimum absolute atomic E-state index is 0.253. The zero-order valence-electron chi connectivity index (χ0n) is 21.7. The van der Waals surface area contributed by atoms with Crippen molar-refractivity contribution in [3.63, 3.8) is 0 Å². The number of amides is 1. The fourth-order valence-corrected chi connectivity index (χ4v) is 5.78. The molecule has 1 amide bonds. The number of hydrogen-bond donors (Lipinski definition) is 2. The zero-order valence-corrected chi connectivity index (χ0v) is 21.7. The molecule has 192 valence electrons. The van der Waals surface area contributed by atoms with E-state index in [1.807, 2.05) is 31.2 Å². The second-order valence-electron chi connectivity index (χ2n) is 10.4. The maximum absolute atomic E-state index is 12.8. The average molecular weight is 491 g/mol. The zero-order chi connectivity index (χ0) is 25.1. The molecule has 0 atom stereocenters. The van der Waals surface area contributed by atoms with Gasteiger partial charge in [0.25, 0.3) is 5.91 Å². The van der Waals surface area contributed by atoms with Gasteiger partial charge in [-0.15, -0.1) is 0 Å². The van der Waals surface area contributed by atoms with Gasteiger partial charge in [0.15, 0.2) is 0 Å². The van der Waals surface area contributed by atoms with Crippen molar-refractivity contribution in [3.05, 3.63) is 47.9 Å². The SMILES string of the molecule is COc1cc2nn([C@H]3CC[C@H](CN(C)C4CCNCC4)CC3)cc2cc1NC(=O)c1cccc(C)n1. The van der Waals surface area contributed by atoms with Gasteiger partial charge in [0, 0.05) is 35.9 Å². The lowest BCUT2D eigenvalue weighted by molar-refractivity contribution is 0.102. The van der Waals surface area contributed by atoms with Gasteiger partial charge in [-0.25, -0.2) is 4.98 Å². The molecule has 1 aromatic carbocycles. The quantitative estimate of drug-likeness (QED) is 0.510. The van der Waals surface area contributed by atoms with Crippen molar-refractivity contribution in [2.75, 3.05) is 39.1 Å². The lowest BCUT2D eigenvalue weighted by Gasteiger charge is -2.36. The van der Waals surface area contributed by atoms with Gasteiger partial charge in [0.2, 0.25) is 0 Å². The van der Waals surface area contributed by atoms with E-state index in [2.05, 4.69) is 38.4 Å². The van der Waals surface area contributed by atoms with Gasteiger partial charge in [0.05, 0.1) is 24.4 Å². The summed E-state index contributed by atoms with van der Waals surface area (Å²) in [6.45, 7) is 5.37. The molecule has 2 fully saturated rings. The number of rotatable bonds is 7. The molecule has 5 rings (SSSR count). The van der Waals surface area contributed by atoms with Gasteiger partial charge in [-0.05, 0) is 89.7 Å². The van der Waals surface area contributed by atoms with Crippen LogP contribution in [-0.4, -0.2) is 65.4 Å². The number of ether oxygens (including phenoxy) is 1. The van der Waals surface area contributed by atoms with Gasteiger partial charge in [0.1, 0.15) is 11.4 Å². The molecule has 1 aliphatic heterocycles. The van der Waals surface area contributed by atoms with Crippen molar-refractivity contribution < 1.29 is 9.53 Å². The Hall–Kier alpha value is -2.97. The fourth-order valence-electron chi connectivity index (χ4n) is 5.78. The minimum atomic E-state index is -0.253. The number of aryl methyl sites for hydroxylation is 1. The van der Waals surface area contributed by atoms with Crippen molar-refractivity contribution in [1.82, 2.24) is 25.0 Å². The molecule has 3 aromatic rings. The summed E-state index contributed by atoms with van der Waals surface area (Å²) < 4.78 is 7.71. The number of aromatic nitrogens is 3. The highest BCUT2D eigenvalue weighted by Gasteiger charge is 2.26. The standard InChI is InChI=1S/C28H38N6O2/c1-19-5-4-6-24(30-19)28(35)31-26-15-21-18-34(32-25(21)16-27(26)36-3)23-9-7-20(8-10-23)17-33(2)22-11-13-29-14-12-22/h4-6,15-16,18,20,22-23,29H,7-14,17H2,1-3H3,(H,31,35)/t20-,23-. The number of nitrogens with one attached hydrogen (secondary N) is 2. The predicted molar refractivity (Wildman–Crippen MR) is 143 cm³/mol. The second kappa shape index (κ2) is 11.0. The average Bonchev–Trinajstić information content (AvgIpc) is 3.32. The molecule has 1 saturated heterocycles. The van der Waals surface area contributed by atoms with Crippen LogP contribution in [0, 0.1) is 12.8 Å². The molecule has 3 heterocycles. The lowest BCUT2D eigenvalue weighted by Crippen LogP contribution is -2.43. The van der Waals surface area contributed by atoms with E-state index in [9.17, 15) is 4.79 Å². The molecule has 0 radical (unpaired) electrons. The molecule has 8 heteroatoms. The first-order chi connectivity index (χ1) is 17.5. The van der Waals surface area contributed by atoms with E-state index in [-0.39, 0.29) is 5.91 Å². The number of nitrogens with zero attached hydrogens (tertiary/aromatic N) is 4. The van der Waals surface area contributed by atoms with Crippen molar-refractivity contribution >= 4 is 22.5 Å². The van der Waals surface area contributed by atoms with E-state index in [4.69, 9.17) is 9.84 Å². The summed E-state index contributed by atoms with van der Waals surface area (Å²) >= 11 is 0. The molecule has 2 aliphatic rings. The smallest absolute Gasteiger partial charge is 0.274 e. The predicted octanol–water partition coefficient (Wildman–Crippen LogP) is 4.42. The summed E-state index contributed by atoms with van der Waals surface area (Å²) in [4.78, 5) is 19.7. The molecule has 2 aromatic heterocycles. The van der Waals surface area contributed by atoms with E-state index in [0.717, 1.165) is 54.5 Å². The van der Waals surface area contributed by atoms with E-state index >= 15 is 0 Å². The summed E-state index contributed by atoms with van der Waals surface area (Å²) in [5.41, 5.74) is 2.70. The van der Waals surface area contributed by atoms with Crippen molar-refractivity contribution in [3.8, 4) is 5.75 Å². The first kappa shape index (κ1) is 24.7. The number of carbonyl (C=O) groups excluding carboxylic acids is 1. The van der Waals surface area contributed by atoms with Gasteiger partial charge in [-0.2, -0.15) is 5.10 Å². The highest BCUT2D eigenvalue weighted by atomic mass is 16.5. The molecule has 0 spiro atoms. The maximum atomic E-state index is 12.8. The summed E-state index contributed by atoms with van der Waals surface area (Å²) in [6.07, 6.45) is 9.42. The van der Waals surface area contributed by atoms with Crippen molar-refractivity contribution in [2.24, 2.45) is 5.92 Å². The Labute approximate surface area is 213 Å². The minimum Gasteiger partial charge on any atom is -0.494 e. The number of benzene rings is 1. The first-order valence-electron chi connectivity index (χ1n) is 13.2. The maximum Gasteiger partial charge on any atom is 0.274 e. The largest absolute Gasteiger partial charge is 0.494 e. The van der Waals surface area contributed by atoms with E-state index in [0.29, 0.717) is 23.2 Å². The van der Waals surface area contributed by atoms with Crippen LogP contribution >= 0.6 is 0 Å². The molecule has 2 N–H and O–H groups in total. The van der Waals surface area contributed by atoms with Crippen LogP contribution in [0.25, 0.3) is 10.9 Å². The Morgan fingerprint density at radius 2 is 1.94 bits per heavy atom. The number of fused-ring (bicyclic) bond motifs is 1. The van der Waals surface area contributed by atoms with Gasteiger partial charge >= 0.3 is 0 Å². The number of anilines is 1. The van der Waals surface area contributed by atoms with Crippen LogP contribution in [0.4, 0.5) is 5.69 Å². The summed E-state index contributed by atoms with van der Waals surface area (Å²) in [5.74, 6) is 1.11. The Kier molecular flexibility index (Phi) is 7.53. The lowest BCUT2D eigenvalue weighted by atomic mass is 9.85. The monoisotopic (exact) mass is 490 g/mol. The third-order valence-corrected chi connectivity index (χ3v) is 7.88. The van der Waals surface area contributed by atoms with Crippen LogP contribution in [0.1, 0.15) is 60.7 Å².